The lowest BCUT2D eigenvalue weighted by molar-refractivity contribution is 0.0656. The Morgan fingerprint density at radius 3 is 2.29 bits per heavy atom. The zero-order chi connectivity index (χ0) is 24.4. The molecule has 2 aliphatic heterocycles. The number of anilines is 1. The number of piperazine rings is 1. The molecule has 1 unspecified atom stereocenters. The Hall–Kier alpha value is -3.51. The molecule has 2 amide bonds. The number of amides is 2. The van der Waals surface area contributed by atoms with Gasteiger partial charge in [0.05, 0.1) is 16.8 Å². The van der Waals surface area contributed by atoms with E-state index in [2.05, 4.69) is 41.0 Å². The molecule has 2 aliphatic rings. The SMILES string of the molecule is CC(CN1CCN(c2cccc3c2C(=O)N(CCc2ccccc2F)C3=O)CC1)c1ccccc1. The van der Waals surface area contributed by atoms with Crippen molar-refractivity contribution < 1.29 is 14.0 Å². The first kappa shape index (κ1) is 23.2. The van der Waals surface area contributed by atoms with Crippen molar-refractivity contribution in [2.45, 2.75) is 19.3 Å². The molecule has 0 saturated carbocycles. The third-order valence-electron chi connectivity index (χ3n) is 7.15. The normalized spacial score (nSPS) is 17.1. The van der Waals surface area contributed by atoms with Crippen LogP contribution in [0.4, 0.5) is 10.1 Å². The third-order valence-corrected chi connectivity index (χ3v) is 7.15. The van der Waals surface area contributed by atoms with Crippen molar-refractivity contribution in [2.24, 2.45) is 0 Å². The fourth-order valence-corrected chi connectivity index (χ4v) is 5.16. The monoisotopic (exact) mass is 471 g/mol. The molecule has 5 nitrogen and oxygen atoms in total. The van der Waals surface area contributed by atoms with Crippen molar-refractivity contribution in [3.63, 3.8) is 0 Å². The first-order chi connectivity index (χ1) is 17.0. The number of halogens is 1. The summed E-state index contributed by atoms with van der Waals surface area (Å²) < 4.78 is 14.0. The molecule has 0 spiro atoms. The van der Waals surface area contributed by atoms with E-state index in [1.165, 1.54) is 16.5 Å². The first-order valence-electron chi connectivity index (χ1n) is 12.3. The van der Waals surface area contributed by atoms with Crippen LogP contribution in [-0.2, 0) is 6.42 Å². The summed E-state index contributed by atoms with van der Waals surface area (Å²) in [6, 6.07) is 22.6. The lowest BCUT2D eigenvalue weighted by atomic mass is 10.0. The van der Waals surface area contributed by atoms with Gasteiger partial charge in [-0.25, -0.2) is 4.39 Å². The molecule has 0 aliphatic carbocycles. The van der Waals surface area contributed by atoms with Crippen molar-refractivity contribution in [2.75, 3.05) is 44.2 Å². The third kappa shape index (κ3) is 4.71. The van der Waals surface area contributed by atoms with Gasteiger partial charge in [0, 0.05) is 39.3 Å². The van der Waals surface area contributed by atoms with Crippen molar-refractivity contribution in [1.82, 2.24) is 9.80 Å². The van der Waals surface area contributed by atoms with Crippen LogP contribution >= 0.6 is 0 Å². The average Bonchev–Trinajstić information content (AvgIpc) is 3.14. The van der Waals surface area contributed by atoms with Gasteiger partial charge in [0.2, 0.25) is 0 Å². The molecule has 180 valence electrons. The molecule has 1 fully saturated rings. The van der Waals surface area contributed by atoms with E-state index in [0.717, 1.165) is 38.4 Å². The number of hydrogen-bond donors (Lipinski definition) is 0. The Labute approximate surface area is 205 Å². The zero-order valence-electron chi connectivity index (χ0n) is 20.0. The van der Waals surface area contributed by atoms with Gasteiger partial charge in [-0.1, -0.05) is 61.5 Å². The van der Waals surface area contributed by atoms with E-state index in [1.807, 2.05) is 18.2 Å². The van der Waals surface area contributed by atoms with Gasteiger partial charge in [-0.15, -0.1) is 0 Å². The summed E-state index contributed by atoms with van der Waals surface area (Å²) in [5.74, 6) is -0.439. The molecule has 0 N–H and O–H groups in total. The maximum Gasteiger partial charge on any atom is 0.263 e. The highest BCUT2D eigenvalue weighted by Crippen LogP contribution is 2.32. The number of carbonyl (C=O) groups is 2. The lowest BCUT2D eigenvalue weighted by Gasteiger charge is -2.37. The summed E-state index contributed by atoms with van der Waals surface area (Å²) >= 11 is 0. The molecule has 0 radical (unpaired) electrons. The van der Waals surface area contributed by atoms with Gasteiger partial charge >= 0.3 is 0 Å². The van der Waals surface area contributed by atoms with Gasteiger partial charge in [-0.05, 0) is 41.7 Å². The molecular weight excluding hydrogens is 441 g/mol. The highest BCUT2D eigenvalue weighted by atomic mass is 19.1. The van der Waals surface area contributed by atoms with Crippen molar-refractivity contribution in [3.8, 4) is 0 Å². The van der Waals surface area contributed by atoms with Gasteiger partial charge in [-0.2, -0.15) is 0 Å². The van der Waals surface area contributed by atoms with Gasteiger partial charge in [0.15, 0.2) is 0 Å². The Morgan fingerprint density at radius 2 is 1.54 bits per heavy atom. The van der Waals surface area contributed by atoms with Crippen LogP contribution in [0.5, 0.6) is 0 Å². The number of hydrogen-bond acceptors (Lipinski definition) is 4. The molecular formula is C29H30FN3O2. The number of benzene rings is 3. The van der Waals surface area contributed by atoms with Crippen LogP contribution in [0.3, 0.4) is 0 Å². The van der Waals surface area contributed by atoms with E-state index in [-0.39, 0.29) is 24.2 Å². The van der Waals surface area contributed by atoms with Crippen molar-refractivity contribution in [1.29, 1.82) is 0 Å². The fraction of sp³-hybridized carbons (Fsp3) is 0.310. The average molecular weight is 472 g/mol. The van der Waals surface area contributed by atoms with E-state index in [4.69, 9.17) is 0 Å². The molecule has 1 atom stereocenters. The van der Waals surface area contributed by atoms with Crippen LogP contribution in [0.1, 0.15) is 44.7 Å². The summed E-state index contributed by atoms with van der Waals surface area (Å²) in [7, 11) is 0. The summed E-state index contributed by atoms with van der Waals surface area (Å²) in [6.07, 6.45) is 0.297. The van der Waals surface area contributed by atoms with Crippen molar-refractivity contribution in [3.05, 3.63) is 101 Å². The number of nitrogens with zero attached hydrogens (tertiary/aromatic N) is 3. The quantitative estimate of drug-likeness (QED) is 0.473. The summed E-state index contributed by atoms with van der Waals surface area (Å²) in [5, 5.41) is 0. The largest absolute Gasteiger partial charge is 0.368 e. The molecule has 0 aromatic heterocycles. The first-order valence-corrected chi connectivity index (χ1v) is 12.3. The van der Waals surface area contributed by atoms with Gasteiger partial charge in [-0.3, -0.25) is 19.4 Å². The van der Waals surface area contributed by atoms with Gasteiger partial charge < -0.3 is 4.90 Å². The molecule has 0 bridgehead atoms. The highest BCUT2D eigenvalue weighted by molar-refractivity contribution is 6.23. The Balaban J connectivity index is 1.25. The Bertz CT molecular complexity index is 1220. The maximum absolute atomic E-state index is 14.0. The molecule has 3 aromatic carbocycles. The minimum absolute atomic E-state index is 0.165. The number of carbonyl (C=O) groups excluding carboxylic acids is 2. The van der Waals surface area contributed by atoms with Crippen LogP contribution in [0.15, 0.2) is 72.8 Å². The molecule has 2 heterocycles. The Kier molecular flexibility index (Phi) is 6.64. The molecule has 35 heavy (non-hydrogen) atoms. The maximum atomic E-state index is 14.0. The standard InChI is InChI=1S/C29H30FN3O2/c1-21(22-8-3-2-4-9-22)20-31-16-18-32(19-17-31)26-13-7-11-24-27(26)29(35)33(28(24)34)15-14-23-10-5-6-12-25(23)30/h2-13,21H,14-20H2,1H3. The van der Waals surface area contributed by atoms with E-state index in [9.17, 15) is 14.0 Å². The van der Waals surface area contributed by atoms with E-state index < -0.39 is 0 Å². The van der Waals surface area contributed by atoms with Crippen molar-refractivity contribution >= 4 is 17.5 Å². The second-order valence-corrected chi connectivity index (χ2v) is 9.40. The second-order valence-electron chi connectivity index (χ2n) is 9.40. The fourth-order valence-electron chi connectivity index (χ4n) is 5.16. The van der Waals surface area contributed by atoms with Crippen LogP contribution in [-0.4, -0.2) is 60.9 Å². The van der Waals surface area contributed by atoms with Crippen LogP contribution in [0.25, 0.3) is 0 Å². The van der Waals surface area contributed by atoms with Gasteiger partial charge in [0.25, 0.3) is 11.8 Å². The molecule has 1 saturated heterocycles. The molecule has 6 heteroatoms. The highest BCUT2D eigenvalue weighted by Gasteiger charge is 2.38. The number of fused-ring (bicyclic) bond motifs is 1. The lowest BCUT2D eigenvalue weighted by Crippen LogP contribution is -2.47. The summed E-state index contributed by atoms with van der Waals surface area (Å²) in [6.45, 7) is 6.82. The predicted octanol–water partition coefficient (Wildman–Crippen LogP) is 4.59. The Morgan fingerprint density at radius 1 is 0.829 bits per heavy atom. The molecule has 3 aromatic rings. The molecule has 5 rings (SSSR count). The second kappa shape index (κ2) is 10.0. The van der Waals surface area contributed by atoms with Crippen LogP contribution in [0, 0.1) is 5.82 Å². The predicted molar refractivity (Wildman–Crippen MR) is 135 cm³/mol. The van der Waals surface area contributed by atoms with Crippen LogP contribution < -0.4 is 4.90 Å². The van der Waals surface area contributed by atoms with Gasteiger partial charge in [0.1, 0.15) is 5.82 Å². The van der Waals surface area contributed by atoms with E-state index in [1.54, 1.807) is 24.3 Å². The summed E-state index contributed by atoms with van der Waals surface area (Å²) in [5.41, 5.74) is 3.60. The number of imide groups is 1. The number of rotatable bonds is 7. The minimum Gasteiger partial charge on any atom is -0.368 e. The van der Waals surface area contributed by atoms with Crippen LogP contribution in [0.2, 0.25) is 0 Å². The summed E-state index contributed by atoms with van der Waals surface area (Å²) in [4.78, 5) is 32.3. The van der Waals surface area contributed by atoms with E-state index >= 15 is 0 Å². The van der Waals surface area contributed by atoms with E-state index in [0.29, 0.717) is 29.0 Å². The minimum atomic E-state index is -0.316. The zero-order valence-corrected chi connectivity index (χ0v) is 20.0. The smallest absolute Gasteiger partial charge is 0.263 e. The topological polar surface area (TPSA) is 43.9 Å².